The van der Waals surface area contributed by atoms with Gasteiger partial charge in [-0.15, -0.1) is 5.10 Å². The maximum Gasteiger partial charge on any atom is 0.248 e. The molecule has 0 radical (unpaired) electrons. The van der Waals surface area contributed by atoms with Gasteiger partial charge in [-0.05, 0) is 25.2 Å². The van der Waals surface area contributed by atoms with E-state index >= 15 is 0 Å². The number of β-amino-alcohol motifs (C(OH)–C–C–N with tert-alkyl or cyclic N) is 1. The zero-order valence-corrected chi connectivity index (χ0v) is 14.8. The molecule has 1 aromatic heterocycles. The average Bonchev–Trinajstić information content (AvgIpc) is 3.07. The second-order valence-corrected chi connectivity index (χ2v) is 8.17. The van der Waals surface area contributed by atoms with Gasteiger partial charge in [0.05, 0.1) is 17.8 Å². The Balaban J connectivity index is 1.90. The minimum Gasteiger partial charge on any atom is -0.391 e. The number of carbonyl (C=O) groups excluding carboxylic acids is 2. The topological polar surface area (TPSA) is 88.3 Å². The Labute approximate surface area is 142 Å². The first-order valence-corrected chi connectivity index (χ1v) is 8.59. The summed E-state index contributed by atoms with van der Waals surface area (Å²) >= 11 is 0. The molecule has 7 heteroatoms. The Morgan fingerprint density at radius 3 is 2.54 bits per heavy atom. The van der Waals surface area contributed by atoms with Crippen molar-refractivity contribution in [2.24, 2.45) is 5.41 Å². The van der Waals surface area contributed by atoms with Crippen molar-refractivity contribution in [3.05, 3.63) is 11.9 Å². The number of nitrogens with zero attached hydrogens (tertiary/aromatic N) is 4. The highest BCUT2D eigenvalue weighted by molar-refractivity contribution is 5.90. The molecule has 1 N–H and O–H groups in total. The van der Waals surface area contributed by atoms with Crippen molar-refractivity contribution >= 4 is 11.7 Å². The molecule has 0 aromatic carbocycles. The minimum atomic E-state index is -0.652. The third-order valence-electron chi connectivity index (χ3n) is 4.87. The highest BCUT2D eigenvalue weighted by Gasteiger charge is 2.44. The first kappa shape index (κ1) is 17.1. The summed E-state index contributed by atoms with van der Waals surface area (Å²) in [5, 5.41) is 18.3. The zero-order chi connectivity index (χ0) is 17.6. The molecule has 1 amide bonds. The number of hydrogen-bond donors (Lipinski definition) is 1. The Kier molecular flexibility index (Phi) is 4.23. The number of Topliss-reactive ketones (excluding diaryl/α,β-unsaturated/α-hetero) is 1. The molecule has 1 aliphatic heterocycles. The largest absolute Gasteiger partial charge is 0.391 e. The van der Waals surface area contributed by atoms with Gasteiger partial charge in [0.25, 0.3) is 0 Å². The third-order valence-corrected chi connectivity index (χ3v) is 4.87. The van der Waals surface area contributed by atoms with Gasteiger partial charge in [0.15, 0.2) is 5.78 Å². The van der Waals surface area contributed by atoms with Gasteiger partial charge in [-0.2, -0.15) is 0 Å². The molecule has 132 valence electrons. The monoisotopic (exact) mass is 334 g/mol. The molecule has 7 nitrogen and oxygen atoms in total. The summed E-state index contributed by atoms with van der Waals surface area (Å²) in [5.41, 5.74) is 0.544. The summed E-state index contributed by atoms with van der Waals surface area (Å²) in [5.74, 6) is 0.198. The Morgan fingerprint density at radius 2 is 2.00 bits per heavy atom. The van der Waals surface area contributed by atoms with E-state index in [1.807, 2.05) is 27.0 Å². The first-order chi connectivity index (χ1) is 11.2. The van der Waals surface area contributed by atoms with Crippen molar-refractivity contribution in [2.75, 3.05) is 6.54 Å². The molecule has 0 bridgehead atoms. The highest BCUT2D eigenvalue weighted by atomic mass is 16.3. The molecule has 2 aliphatic rings. The van der Waals surface area contributed by atoms with Crippen molar-refractivity contribution in [2.45, 2.75) is 71.1 Å². The van der Waals surface area contributed by atoms with Crippen molar-refractivity contribution in [1.29, 1.82) is 0 Å². The molecule has 3 atom stereocenters. The van der Waals surface area contributed by atoms with Crippen LogP contribution in [0.2, 0.25) is 0 Å². The zero-order valence-electron chi connectivity index (χ0n) is 14.8. The first-order valence-electron chi connectivity index (χ1n) is 8.59. The van der Waals surface area contributed by atoms with Gasteiger partial charge in [0.2, 0.25) is 5.91 Å². The van der Waals surface area contributed by atoms with E-state index in [2.05, 4.69) is 10.3 Å². The molecule has 2 heterocycles. The number of likely N-dealkylation sites (tertiary alicyclic amines) is 1. The fourth-order valence-electron chi connectivity index (χ4n) is 3.46. The van der Waals surface area contributed by atoms with Crippen LogP contribution in [0.5, 0.6) is 0 Å². The third kappa shape index (κ3) is 3.22. The van der Waals surface area contributed by atoms with E-state index < -0.39 is 18.2 Å². The maximum absolute atomic E-state index is 13.2. The van der Waals surface area contributed by atoms with Crippen molar-refractivity contribution in [3.8, 4) is 0 Å². The van der Waals surface area contributed by atoms with E-state index in [-0.39, 0.29) is 23.7 Å². The second kappa shape index (κ2) is 5.95. The van der Waals surface area contributed by atoms with Crippen LogP contribution in [0.3, 0.4) is 0 Å². The van der Waals surface area contributed by atoms with E-state index in [1.54, 1.807) is 4.68 Å². The molecule has 1 saturated carbocycles. The lowest BCUT2D eigenvalue weighted by molar-refractivity contribution is -0.143. The summed E-state index contributed by atoms with van der Waals surface area (Å²) in [7, 11) is 0. The van der Waals surface area contributed by atoms with Crippen LogP contribution in [0.25, 0.3) is 0 Å². The molecular weight excluding hydrogens is 308 g/mol. The van der Waals surface area contributed by atoms with Crippen LogP contribution < -0.4 is 0 Å². The van der Waals surface area contributed by atoms with Crippen LogP contribution in [-0.2, 0) is 9.59 Å². The van der Waals surface area contributed by atoms with E-state index in [0.717, 1.165) is 18.5 Å². The number of ketones is 1. The van der Waals surface area contributed by atoms with Crippen molar-refractivity contribution in [3.63, 3.8) is 0 Å². The van der Waals surface area contributed by atoms with Crippen LogP contribution in [-0.4, -0.2) is 55.4 Å². The molecule has 1 aromatic rings. The van der Waals surface area contributed by atoms with Crippen LogP contribution in [0.15, 0.2) is 6.20 Å². The van der Waals surface area contributed by atoms with Gasteiger partial charge in [0.1, 0.15) is 6.04 Å². The average molecular weight is 334 g/mol. The summed E-state index contributed by atoms with van der Waals surface area (Å²) in [4.78, 5) is 26.6. The van der Waals surface area contributed by atoms with Gasteiger partial charge < -0.3 is 10.0 Å². The van der Waals surface area contributed by atoms with E-state index in [4.69, 9.17) is 0 Å². The quantitative estimate of drug-likeness (QED) is 0.896. The van der Waals surface area contributed by atoms with Crippen LogP contribution in [0, 0.1) is 5.41 Å². The van der Waals surface area contributed by atoms with Crippen molar-refractivity contribution < 1.29 is 14.7 Å². The fourth-order valence-corrected chi connectivity index (χ4v) is 3.46. The number of rotatable bonds is 4. The highest BCUT2D eigenvalue weighted by Crippen LogP contribution is 2.40. The van der Waals surface area contributed by atoms with Gasteiger partial charge in [0, 0.05) is 25.1 Å². The lowest BCUT2D eigenvalue weighted by atomic mass is 9.85. The Hall–Kier alpha value is -1.76. The lowest BCUT2D eigenvalue weighted by Crippen LogP contribution is -2.47. The van der Waals surface area contributed by atoms with Gasteiger partial charge in [-0.3, -0.25) is 9.59 Å². The fraction of sp³-hybridized carbons (Fsp3) is 0.765. The second-order valence-electron chi connectivity index (χ2n) is 8.17. The summed E-state index contributed by atoms with van der Waals surface area (Å²) in [6.07, 6.45) is 3.76. The number of amides is 1. The standard InChI is InChI=1S/C17H26N4O3/c1-10(22)14-7-12(23)8-20(14)16(24)15(17(2,3)4)21-9-13(18-19-21)11-5-6-11/h9,11-12,14-15,23H,5-8H2,1-4H3/t12-,14+,15-/m1/s1. The minimum absolute atomic E-state index is 0.0928. The maximum atomic E-state index is 13.2. The molecular formula is C17H26N4O3. The number of aliphatic hydroxyl groups is 1. The molecule has 2 fully saturated rings. The number of carbonyl (C=O) groups is 2. The number of aliphatic hydroxyl groups excluding tert-OH is 1. The van der Waals surface area contributed by atoms with Crippen molar-refractivity contribution in [1.82, 2.24) is 19.9 Å². The van der Waals surface area contributed by atoms with Crippen LogP contribution in [0.1, 0.15) is 64.6 Å². The Morgan fingerprint density at radius 1 is 1.33 bits per heavy atom. The van der Waals surface area contributed by atoms with Gasteiger partial charge >= 0.3 is 0 Å². The summed E-state index contributed by atoms with van der Waals surface area (Å²) < 4.78 is 1.64. The van der Waals surface area contributed by atoms with E-state index in [0.29, 0.717) is 12.3 Å². The normalized spacial score (nSPS) is 25.8. The molecule has 3 rings (SSSR count). The predicted molar refractivity (Wildman–Crippen MR) is 87.3 cm³/mol. The molecule has 1 saturated heterocycles. The SMILES string of the molecule is CC(=O)[C@@H]1C[C@@H](O)CN1C(=O)[C@@H](n1cc(C2CC2)nn1)C(C)(C)C. The smallest absolute Gasteiger partial charge is 0.248 e. The van der Waals surface area contributed by atoms with Gasteiger partial charge in [-0.25, -0.2) is 4.68 Å². The van der Waals surface area contributed by atoms with E-state index in [1.165, 1.54) is 11.8 Å². The molecule has 0 unspecified atom stereocenters. The Bertz CT molecular complexity index is 645. The van der Waals surface area contributed by atoms with Gasteiger partial charge in [-0.1, -0.05) is 26.0 Å². The number of hydrogen-bond acceptors (Lipinski definition) is 5. The summed E-state index contributed by atoms with van der Waals surface area (Å²) in [6, 6.07) is -1.10. The summed E-state index contributed by atoms with van der Waals surface area (Å²) in [6.45, 7) is 7.59. The molecule has 1 aliphatic carbocycles. The molecule has 24 heavy (non-hydrogen) atoms. The predicted octanol–water partition coefficient (Wildman–Crippen LogP) is 1.29. The number of aromatic nitrogens is 3. The molecule has 0 spiro atoms. The lowest BCUT2D eigenvalue weighted by Gasteiger charge is -2.34. The van der Waals surface area contributed by atoms with E-state index in [9.17, 15) is 14.7 Å². The van der Waals surface area contributed by atoms with Crippen LogP contribution in [0.4, 0.5) is 0 Å². The van der Waals surface area contributed by atoms with Crippen LogP contribution >= 0.6 is 0 Å².